The number of rotatable bonds is 7. The van der Waals surface area contributed by atoms with Crippen LogP contribution in [0.3, 0.4) is 0 Å². The molecule has 0 saturated carbocycles. The third kappa shape index (κ3) is 4.90. The maximum atomic E-state index is 12.3. The number of amides is 2. The van der Waals surface area contributed by atoms with E-state index in [2.05, 4.69) is 10.6 Å². The molecule has 1 aliphatic heterocycles. The van der Waals surface area contributed by atoms with Gasteiger partial charge in [-0.1, -0.05) is 6.07 Å². The fraction of sp³-hybridized carbons (Fsp3) is 0.333. The first kappa shape index (κ1) is 20.3. The molecule has 1 heterocycles. The lowest BCUT2D eigenvalue weighted by atomic mass is 10.1. The molecule has 0 saturated heterocycles. The van der Waals surface area contributed by atoms with E-state index in [9.17, 15) is 9.59 Å². The van der Waals surface area contributed by atoms with E-state index in [4.69, 9.17) is 18.9 Å². The van der Waals surface area contributed by atoms with Gasteiger partial charge in [-0.15, -0.1) is 0 Å². The molecule has 2 amide bonds. The summed E-state index contributed by atoms with van der Waals surface area (Å²) in [5, 5.41) is 5.46. The first-order valence-electron chi connectivity index (χ1n) is 9.21. The lowest BCUT2D eigenvalue weighted by Crippen LogP contribution is -2.38. The quantitative estimate of drug-likeness (QED) is 0.739. The van der Waals surface area contributed by atoms with Crippen LogP contribution in [0.2, 0.25) is 0 Å². The Morgan fingerprint density at radius 2 is 1.72 bits per heavy atom. The Morgan fingerprint density at radius 1 is 1.00 bits per heavy atom. The highest BCUT2D eigenvalue weighted by Gasteiger charge is 2.17. The normalized spacial score (nSPS) is 13.2. The van der Waals surface area contributed by atoms with Crippen LogP contribution in [-0.4, -0.2) is 45.8 Å². The SMILES string of the molecule is COc1ccc(C(=O)NCC(=O)N[C@H](C)c2ccc3c(c2)OCCO3)cc1OC. The Bertz CT molecular complexity index is 899. The van der Waals surface area contributed by atoms with Gasteiger partial charge in [-0.05, 0) is 42.8 Å². The van der Waals surface area contributed by atoms with E-state index in [1.165, 1.54) is 14.2 Å². The molecule has 8 heteroatoms. The Hall–Kier alpha value is -3.42. The molecule has 29 heavy (non-hydrogen) atoms. The van der Waals surface area contributed by atoms with Crippen LogP contribution in [0.5, 0.6) is 23.0 Å². The number of hydrogen-bond acceptors (Lipinski definition) is 6. The van der Waals surface area contributed by atoms with Crippen molar-refractivity contribution in [3.05, 3.63) is 47.5 Å². The van der Waals surface area contributed by atoms with Crippen molar-refractivity contribution in [2.75, 3.05) is 34.0 Å². The van der Waals surface area contributed by atoms with Crippen LogP contribution in [0, 0.1) is 0 Å². The summed E-state index contributed by atoms with van der Waals surface area (Å²) in [6.45, 7) is 2.74. The lowest BCUT2D eigenvalue weighted by molar-refractivity contribution is -0.120. The third-order valence-electron chi connectivity index (χ3n) is 4.50. The molecular weight excluding hydrogens is 376 g/mol. The summed E-state index contributed by atoms with van der Waals surface area (Å²) >= 11 is 0. The van der Waals surface area contributed by atoms with Gasteiger partial charge in [0.25, 0.3) is 5.91 Å². The van der Waals surface area contributed by atoms with Crippen LogP contribution in [0.4, 0.5) is 0 Å². The van der Waals surface area contributed by atoms with Gasteiger partial charge in [0.1, 0.15) is 13.2 Å². The second-order valence-electron chi connectivity index (χ2n) is 6.44. The number of methoxy groups -OCH3 is 2. The van der Waals surface area contributed by atoms with Crippen molar-refractivity contribution in [2.24, 2.45) is 0 Å². The number of fused-ring (bicyclic) bond motifs is 1. The fourth-order valence-electron chi connectivity index (χ4n) is 2.95. The van der Waals surface area contributed by atoms with Crippen molar-refractivity contribution in [1.29, 1.82) is 0 Å². The van der Waals surface area contributed by atoms with Gasteiger partial charge >= 0.3 is 0 Å². The largest absolute Gasteiger partial charge is 0.493 e. The van der Waals surface area contributed by atoms with Crippen molar-refractivity contribution in [3.63, 3.8) is 0 Å². The minimum absolute atomic E-state index is 0.151. The molecule has 1 atom stereocenters. The van der Waals surface area contributed by atoms with Gasteiger partial charge in [0.15, 0.2) is 23.0 Å². The number of hydrogen-bond donors (Lipinski definition) is 2. The molecule has 0 aromatic heterocycles. The lowest BCUT2D eigenvalue weighted by Gasteiger charge is -2.21. The van der Waals surface area contributed by atoms with Crippen molar-refractivity contribution in [1.82, 2.24) is 10.6 Å². The summed E-state index contributed by atoms with van der Waals surface area (Å²) in [5.74, 6) is 1.64. The van der Waals surface area contributed by atoms with Gasteiger partial charge in [-0.3, -0.25) is 9.59 Å². The third-order valence-corrected chi connectivity index (χ3v) is 4.50. The molecule has 2 N–H and O–H groups in total. The molecule has 1 aliphatic rings. The highest BCUT2D eigenvalue weighted by Crippen LogP contribution is 2.32. The van der Waals surface area contributed by atoms with Crippen LogP contribution in [0.25, 0.3) is 0 Å². The van der Waals surface area contributed by atoms with E-state index in [0.717, 1.165) is 5.56 Å². The number of carbonyl (C=O) groups excluding carboxylic acids is 2. The minimum Gasteiger partial charge on any atom is -0.493 e. The molecule has 3 rings (SSSR count). The van der Waals surface area contributed by atoms with Gasteiger partial charge < -0.3 is 29.6 Å². The van der Waals surface area contributed by atoms with Gasteiger partial charge in [0, 0.05) is 5.56 Å². The van der Waals surface area contributed by atoms with Crippen LogP contribution in [-0.2, 0) is 4.79 Å². The second-order valence-corrected chi connectivity index (χ2v) is 6.44. The number of ether oxygens (including phenoxy) is 4. The van der Waals surface area contributed by atoms with Gasteiger partial charge in [-0.2, -0.15) is 0 Å². The molecule has 2 aromatic rings. The predicted octanol–water partition coefficient (Wildman–Crippen LogP) is 2.08. The standard InChI is InChI=1S/C21H24N2O6/c1-13(14-4-7-17-19(10-14)29-9-8-28-17)23-20(24)12-22-21(25)15-5-6-16(26-2)18(11-15)27-3/h4-7,10-11,13H,8-9,12H2,1-3H3,(H,22,25)(H,23,24)/t13-/m1/s1. The first-order valence-corrected chi connectivity index (χ1v) is 9.21. The zero-order chi connectivity index (χ0) is 20.8. The first-order chi connectivity index (χ1) is 14.0. The minimum atomic E-state index is -0.381. The molecule has 0 unspecified atom stereocenters. The van der Waals surface area contributed by atoms with Crippen molar-refractivity contribution >= 4 is 11.8 Å². The van der Waals surface area contributed by atoms with E-state index in [0.29, 0.717) is 41.8 Å². The highest BCUT2D eigenvalue weighted by molar-refractivity contribution is 5.97. The van der Waals surface area contributed by atoms with E-state index in [-0.39, 0.29) is 24.4 Å². The van der Waals surface area contributed by atoms with Crippen molar-refractivity contribution in [3.8, 4) is 23.0 Å². The van der Waals surface area contributed by atoms with Gasteiger partial charge in [0.05, 0.1) is 26.8 Å². The van der Waals surface area contributed by atoms with E-state index >= 15 is 0 Å². The summed E-state index contributed by atoms with van der Waals surface area (Å²) in [6.07, 6.45) is 0. The zero-order valence-corrected chi connectivity index (χ0v) is 16.6. The maximum Gasteiger partial charge on any atom is 0.251 e. The average molecular weight is 400 g/mol. The van der Waals surface area contributed by atoms with E-state index in [1.54, 1.807) is 18.2 Å². The van der Waals surface area contributed by atoms with Crippen molar-refractivity contribution < 1.29 is 28.5 Å². The number of nitrogens with one attached hydrogen (secondary N) is 2. The fourth-order valence-corrected chi connectivity index (χ4v) is 2.95. The summed E-state index contributed by atoms with van der Waals surface area (Å²) in [7, 11) is 3.01. The summed E-state index contributed by atoms with van der Waals surface area (Å²) in [4.78, 5) is 24.6. The topological polar surface area (TPSA) is 95.1 Å². The van der Waals surface area contributed by atoms with E-state index < -0.39 is 0 Å². The smallest absolute Gasteiger partial charge is 0.251 e. The summed E-state index contributed by atoms with van der Waals surface area (Å²) in [5.41, 5.74) is 1.25. The molecular formula is C21H24N2O6. The molecule has 2 aromatic carbocycles. The van der Waals surface area contributed by atoms with Gasteiger partial charge in [-0.25, -0.2) is 0 Å². The molecule has 0 spiro atoms. The Morgan fingerprint density at radius 3 is 2.45 bits per heavy atom. The summed E-state index contributed by atoms with van der Waals surface area (Å²) in [6, 6.07) is 10.1. The zero-order valence-electron chi connectivity index (χ0n) is 16.6. The predicted molar refractivity (Wildman–Crippen MR) is 106 cm³/mol. The van der Waals surface area contributed by atoms with Crippen molar-refractivity contribution in [2.45, 2.75) is 13.0 Å². The number of benzene rings is 2. The van der Waals surface area contributed by atoms with Gasteiger partial charge in [0.2, 0.25) is 5.91 Å². The monoisotopic (exact) mass is 400 g/mol. The second kappa shape index (κ2) is 9.18. The molecule has 0 aliphatic carbocycles. The Balaban J connectivity index is 1.55. The highest BCUT2D eigenvalue weighted by atomic mass is 16.6. The Labute approximate surface area is 169 Å². The average Bonchev–Trinajstić information content (AvgIpc) is 2.76. The van der Waals surface area contributed by atoms with Crippen LogP contribution in [0.15, 0.2) is 36.4 Å². The number of carbonyl (C=O) groups is 2. The van der Waals surface area contributed by atoms with Crippen LogP contribution in [0.1, 0.15) is 28.9 Å². The Kier molecular flexibility index (Phi) is 6.43. The van der Waals surface area contributed by atoms with Crippen LogP contribution < -0.4 is 29.6 Å². The summed E-state index contributed by atoms with van der Waals surface area (Å²) < 4.78 is 21.4. The maximum absolute atomic E-state index is 12.3. The van der Waals surface area contributed by atoms with E-state index in [1.807, 2.05) is 25.1 Å². The molecule has 0 radical (unpaired) electrons. The molecule has 154 valence electrons. The molecule has 0 bridgehead atoms. The molecule has 0 fully saturated rings. The molecule has 8 nitrogen and oxygen atoms in total. The van der Waals surface area contributed by atoms with Crippen LogP contribution >= 0.6 is 0 Å².